The van der Waals surface area contributed by atoms with Crippen molar-refractivity contribution in [2.45, 2.75) is 22.0 Å². The summed E-state index contributed by atoms with van der Waals surface area (Å²) in [5.74, 6) is 0.934. The first-order valence-corrected chi connectivity index (χ1v) is 9.93. The lowest BCUT2D eigenvalue weighted by atomic mass is 10.5. The number of hydrogen-bond donors (Lipinski definition) is 4. The number of rotatable bonds is 4. The predicted octanol–water partition coefficient (Wildman–Crippen LogP) is 0.0906. The molecule has 0 N–H and O–H groups in total. The van der Waals surface area contributed by atoms with E-state index in [1.165, 1.54) is 0 Å². The maximum absolute atomic E-state index is 9.44. The van der Waals surface area contributed by atoms with Gasteiger partial charge in [-0.2, -0.15) is 50.5 Å². The van der Waals surface area contributed by atoms with Gasteiger partial charge in [-0.15, -0.1) is 23.5 Å². The molecule has 0 aromatic carbocycles. The van der Waals surface area contributed by atoms with E-state index >= 15 is 0 Å². The summed E-state index contributed by atoms with van der Waals surface area (Å²) in [5.41, 5.74) is 0. The van der Waals surface area contributed by atoms with Gasteiger partial charge in [0.1, 0.15) is 0 Å². The summed E-state index contributed by atoms with van der Waals surface area (Å²) >= 11 is 19.7. The van der Waals surface area contributed by atoms with E-state index in [1.807, 2.05) is 23.5 Å². The maximum Gasteiger partial charge on any atom is 0.0563 e. The molecule has 20 heavy (non-hydrogen) atoms. The summed E-state index contributed by atoms with van der Waals surface area (Å²) in [6, 6.07) is 0. The molecule has 0 bridgehead atoms. The Hall–Kier alpha value is 1.04. The average molecular weight is 395 g/mol. The minimum atomic E-state index is -1.04. The van der Waals surface area contributed by atoms with Crippen LogP contribution in [0.25, 0.3) is 0 Å². The second-order valence-electron chi connectivity index (χ2n) is 3.27. The van der Waals surface area contributed by atoms with E-state index in [9.17, 15) is 19.8 Å². The Morgan fingerprint density at radius 3 is 1.30 bits per heavy atom. The fourth-order valence-corrected chi connectivity index (χ4v) is 4.08. The Morgan fingerprint density at radius 2 is 1.20 bits per heavy atom. The zero-order valence-corrected chi connectivity index (χ0v) is 15.8. The quantitative estimate of drug-likeness (QED) is 0.506. The van der Waals surface area contributed by atoms with E-state index in [1.54, 1.807) is 0 Å². The van der Waals surface area contributed by atoms with Crippen molar-refractivity contribution in [3.05, 3.63) is 0 Å². The van der Waals surface area contributed by atoms with Gasteiger partial charge in [-0.1, -0.05) is 0 Å². The highest BCUT2D eigenvalue weighted by atomic mass is 32.2. The van der Waals surface area contributed by atoms with Gasteiger partial charge in [0.25, 0.3) is 0 Å². The molecule has 0 aromatic heterocycles. The highest BCUT2D eigenvalue weighted by Crippen LogP contribution is 2.32. The Labute approximate surface area is 150 Å². The molecule has 1 aliphatic rings. The first kappa shape index (κ1) is 23.3. The second-order valence-corrected chi connectivity index (χ2v) is 8.58. The van der Waals surface area contributed by atoms with Crippen LogP contribution in [0.5, 0.6) is 0 Å². The van der Waals surface area contributed by atoms with Crippen molar-refractivity contribution in [1.29, 1.82) is 0 Å². The largest absolute Gasteiger partial charge is 0.550 e. The molecule has 0 aromatic rings. The highest BCUT2D eigenvalue weighted by Gasteiger charge is 2.15. The van der Waals surface area contributed by atoms with E-state index in [0.29, 0.717) is 20.7 Å². The third-order valence-electron chi connectivity index (χ3n) is 1.49. The third kappa shape index (κ3) is 21.3. The van der Waals surface area contributed by atoms with Crippen molar-refractivity contribution >= 4 is 86.0 Å². The molecule has 0 spiro atoms. The van der Waals surface area contributed by atoms with Gasteiger partial charge in [-0.3, -0.25) is 0 Å². The van der Waals surface area contributed by atoms with Crippen molar-refractivity contribution in [3.8, 4) is 0 Å². The standard InChI is InChI=1S/C4H8S4.2C3H6O2S/c5-3-1-7-4(6)2-8-3;2*4-3(5)1-2-6/h3-6H,1-2H2;2*6H,1-2H2,(H,4,5)/p-2. The van der Waals surface area contributed by atoms with Gasteiger partial charge in [0.15, 0.2) is 0 Å². The monoisotopic (exact) mass is 394 g/mol. The van der Waals surface area contributed by atoms with E-state index in [-0.39, 0.29) is 12.8 Å². The summed E-state index contributed by atoms with van der Waals surface area (Å²) < 4.78 is 1.09. The molecule has 0 amide bonds. The van der Waals surface area contributed by atoms with Crippen LogP contribution in [0.15, 0.2) is 0 Å². The molecule has 2 atom stereocenters. The number of thioether (sulfide) groups is 2. The lowest BCUT2D eigenvalue weighted by molar-refractivity contribution is -0.306. The summed E-state index contributed by atoms with van der Waals surface area (Å²) in [4.78, 5) is 18.9. The molecule has 4 nitrogen and oxygen atoms in total. The van der Waals surface area contributed by atoms with Crippen LogP contribution in [0, 0.1) is 0 Å². The number of thiol groups is 4. The van der Waals surface area contributed by atoms with Gasteiger partial charge < -0.3 is 19.8 Å². The molecule has 0 radical (unpaired) electrons. The fourth-order valence-electron chi connectivity index (χ4n) is 0.666. The number of aliphatic carboxylic acids is 2. The summed E-state index contributed by atoms with van der Waals surface area (Å²) in [6.07, 6.45) is 0.0895. The van der Waals surface area contributed by atoms with Crippen LogP contribution in [0.4, 0.5) is 0 Å². The van der Waals surface area contributed by atoms with E-state index in [0.717, 1.165) is 11.5 Å². The van der Waals surface area contributed by atoms with E-state index in [2.05, 4.69) is 50.5 Å². The number of carboxylic acids is 2. The van der Waals surface area contributed by atoms with Crippen molar-refractivity contribution in [2.75, 3.05) is 23.0 Å². The molecule has 0 saturated carbocycles. The Morgan fingerprint density at radius 1 is 0.900 bits per heavy atom. The first-order chi connectivity index (χ1) is 9.33. The summed E-state index contributed by atoms with van der Waals surface area (Å²) in [7, 11) is 0. The maximum atomic E-state index is 9.44. The van der Waals surface area contributed by atoms with E-state index < -0.39 is 11.9 Å². The normalized spacial score (nSPS) is 20.8. The smallest absolute Gasteiger partial charge is 0.0563 e. The molecule has 0 aliphatic carbocycles. The van der Waals surface area contributed by atoms with Crippen molar-refractivity contribution in [1.82, 2.24) is 0 Å². The van der Waals surface area contributed by atoms with Crippen LogP contribution < -0.4 is 10.2 Å². The van der Waals surface area contributed by atoms with Gasteiger partial charge in [0.2, 0.25) is 0 Å². The number of carboxylic acid groups (broad SMARTS) is 2. The Bertz CT molecular complexity index is 232. The Balaban J connectivity index is 0. The van der Waals surface area contributed by atoms with Gasteiger partial charge in [0, 0.05) is 23.4 Å². The molecule has 10 heteroatoms. The number of hydrogen-bond acceptors (Lipinski definition) is 10. The van der Waals surface area contributed by atoms with Crippen LogP contribution in [-0.4, -0.2) is 44.1 Å². The minimum absolute atomic E-state index is 0.0448. The van der Waals surface area contributed by atoms with E-state index in [4.69, 9.17) is 0 Å². The lowest BCUT2D eigenvalue weighted by Crippen LogP contribution is -2.21. The molecule has 1 rings (SSSR count). The average Bonchev–Trinajstić information content (AvgIpc) is 2.34. The molecule has 1 heterocycles. The van der Waals surface area contributed by atoms with Crippen LogP contribution in [0.2, 0.25) is 0 Å². The lowest BCUT2D eigenvalue weighted by Gasteiger charge is -2.20. The molecule has 120 valence electrons. The van der Waals surface area contributed by atoms with Crippen molar-refractivity contribution < 1.29 is 19.8 Å². The zero-order valence-electron chi connectivity index (χ0n) is 10.6. The second kappa shape index (κ2) is 16.4. The molecule has 1 aliphatic heterocycles. The minimum Gasteiger partial charge on any atom is -0.550 e. The third-order valence-corrected chi connectivity index (χ3v) is 6.27. The molecular formula is C10H18O4S6-2. The molecule has 2 unspecified atom stereocenters. The van der Waals surface area contributed by atoms with Crippen LogP contribution in [0.1, 0.15) is 12.8 Å². The summed E-state index contributed by atoms with van der Waals surface area (Å²) in [6.45, 7) is 0. The fraction of sp³-hybridized carbons (Fsp3) is 0.800. The topological polar surface area (TPSA) is 80.3 Å². The van der Waals surface area contributed by atoms with Crippen LogP contribution in [-0.2, 0) is 9.59 Å². The Kier molecular flexibility index (Phi) is 19.1. The number of carbonyl (C=O) groups is 2. The van der Waals surface area contributed by atoms with Gasteiger partial charge in [-0.05, 0) is 24.3 Å². The zero-order chi connectivity index (χ0) is 16.0. The SMILES string of the molecule is O=C([O-])CCS.O=C([O-])CCS.SC1CSC(S)CS1. The molecular weight excluding hydrogens is 377 g/mol. The predicted molar refractivity (Wildman–Crippen MR) is 97.4 cm³/mol. The van der Waals surface area contributed by atoms with Gasteiger partial charge in [0.05, 0.1) is 9.16 Å². The number of carbonyl (C=O) groups excluding carboxylic acids is 2. The van der Waals surface area contributed by atoms with Gasteiger partial charge >= 0.3 is 0 Å². The highest BCUT2D eigenvalue weighted by molar-refractivity contribution is 8.18. The van der Waals surface area contributed by atoms with Crippen LogP contribution in [0.3, 0.4) is 0 Å². The van der Waals surface area contributed by atoms with Gasteiger partial charge in [-0.25, -0.2) is 0 Å². The van der Waals surface area contributed by atoms with Crippen LogP contribution >= 0.6 is 74.0 Å². The summed E-state index contributed by atoms with van der Waals surface area (Å²) in [5, 5.41) is 18.9. The first-order valence-electron chi connectivity index (χ1n) is 5.54. The van der Waals surface area contributed by atoms with Crippen molar-refractivity contribution in [3.63, 3.8) is 0 Å². The molecule has 1 saturated heterocycles. The molecule has 1 fully saturated rings. The van der Waals surface area contributed by atoms with Crippen molar-refractivity contribution in [2.24, 2.45) is 0 Å².